The van der Waals surface area contributed by atoms with Crippen molar-refractivity contribution in [1.29, 1.82) is 0 Å². The first kappa shape index (κ1) is 9.88. The molecule has 0 saturated carbocycles. The minimum absolute atomic E-state index is 0.631. The van der Waals surface area contributed by atoms with Crippen LogP contribution in [-0.2, 0) is 4.74 Å². The fourth-order valence-electron chi connectivity index (χ4n) is 0.691. The highest BCUT2D eigenvalue weighted by molar-refractivity contribution is 4.41. The Labute approximate surface area is 62.9 Å². The van der Waals surface area contributed by atoms with Crippen LogP contribution in [0.2, 0.25) is 0 Å². The molecule has 0 unspecified atom stereocenters. The minimum Gasteiger partial charge on any atom is -0.380 e. The average Bonchev–Trinajstić information content (AvgIpc) is 1.97. The zero-order chi connectivity index (χ0) is 7.66. The Morgan fingerprint density at radius 2 is 2.10 bits per heavy atom. The fourth-order valence-corrected chi connectivity index (χ4v) is 0.691. The molecular formula is C7H18N2O. The van der Waals surface area contributed by atoms with Gasteiger partial charge in [0.05, 0.1) is 6.61 Å². The third-order valence-electron chi connectivity index (χ3n) is 1.23. The molecule has 0 rings (SSSR count). The van der Waals surface area contributed by atoms with Gasteiger partial charge in [-0.15, -0.1) is 0 Å². The molecule has 0 aromatic heterocycles. The van der Waals surface area contributed by atoms with E-state index in [0.29, 0.717) is 13.2 Å². The van der Waals surface area contributed by atoms with Crippen molar-refractivity contribution in [2.75, 3.05) is 33.4 Å². The number of hydrogen-bond acceptors (Lipinski definition) is 3. The lowest BCUT2D eigenvalue weighted by molar-refractivity contribution is 0.137. The van der Waals surface area contributed by atoms with Crippen molar-refractivity contribution in [1.82, 2.24) is 5.32 Å². The number of unbranched alkanes of at least 4 members (excludes halogenated alkanes) is 1. The maximum absolute atomic E-state index is 5.23. The van der Waals surface area contributed by atoms with Gasteiger partial charge in [-0.2, -0.15) is 0 Å². The topological polar surface area (TPSA) is 47.3 Å². The molecule has 62 valence electrons. The highest BCUT2D eigenvalue weighted by Crippen LogP contribution is 1.86. The molecule has 3 heteroatoms. The summed E-state index contributed by atoms with van der Waals surface area (Å²) in [6, 6.07) is 0. The summed E-state index contributed by atoms with van der Waals surface area (Å²) in [5.74, 6) is 0. The van der Waals surface area contributed by atoms with Crippen LogP contribution in [0.25, 0.3) is 0 Å². The Balaban J connectivity index is 2.65. The van der Waals surface area contributed by atoms with E-state index in [-0.39, 0.29) is 0 Å². The van der Waals surface area contributed by atoms with Gasteiger partial charge < -0.3 is 15.8 Å². The molecule has 0 bridgehead atoms. The van der Waals surface area contributed by atoms with Crippen LogP contribution >= 0.6 is 0 Å². The molecule has 0 aliphatic heterocycles. The van der Waals surface area contributed by atoms with E-state index in [1.165, 1.54) is 6.42 Å². The van der Waals surface area contributed by atoms with Crippen LogP contribution in [0.15, 0.2) is 0 Å². The van der Waals surface area contributed by atoms with Crippen molar-refractivity contribution in [3.63, 3.8) is 0 Å². The maximum Gasteiger partial charge on any atom is 0.0588 e. The molecule has 3 N–H and O–H groups in total. The van der Waals surface area contributed by atoms with Gasteiger partial charge in [0.15, 0.2) is 0 Å². The van der Waals surface area contributed by atoms with Crippen molar-refractivity contribution < 1.29 is 4.74 Å². The second kappa shape index (κ2) is 8.88. The van der Waals surface area contributed by atoms with Gasteiger partial charge in [0.2, 0.25) is 0 Å². The van der Waals surface area contributed by atoms with E-state index in [1.807, 2.05) is 7.05 Å². The van der Waals surface area contributed by atoms with Gasteiger partial charge in [-0.25, -0.2) is 0 Å². The molecule has 0 fully saturated rings. The SMILES string of the molecule is CNCCCCOCCN. The van der Waals surface area contributed by atoms with Crippen LogP contribution in [0.1, 0.15) is 12.8 Å². The third kappa shape index (κ3) is 7.88. The van der Waals surface area contributed by atoms with Gasteiger partial charge in [0.25, 0.3) is 0 Å². The molecule has 10 heavy (non-hydrogen) atoms. The lowest BCUT2D eigenvalue weighted by atomic mass is 10.3. The van der Waals surface area contributed by atoms with E-state index >= 15 is 0 Å². The van der Waals surface area contributed by atoms with Gasteiger partial charge in [0, 0.05) is 13.2 Å². The Kier molecular flexibility index (Phi) is 8.77. The summed E-state index contributed by atoms with van der Waals surface area (Å²) in [7, 11) is 1.96. The molecule has 0 spiro atoms. The molecule has 0 aromatic rings. The first-order valence-electron chi connectivity index (χ1n) is 3.84. The number of ether oxygens (including phenoxy) is 1. The Hall–Kier alpha value is -0.120. The largest absolute Gasteiger partial charge is 0.380 e. The molecule has 0 amide bonds. The second-order valence-electron chi connectivity index (χ2n) is 2.21. The smallest absolute Gasteiger partial charge is 0.0588 e. The van der Waals surface area contributed by atoms with E-state index in [0.717, 1.165) is 19.6 Å². The van der Waals surface area contributed by atoms with Crippen LogP contribution < -0.4 is 11.1 Å². The molecule has 0 heterocycles. The number of hydrogen-bond donors (Lipinski definition) is 2. The van der Waals surface area contributed by atoms with Gasteiger partial charge in [-0.05, 0) is 26.4 Å². The molecule has 0 aromatic carbocycles. The summed E-state index contributed by atoms with van der Waals surface area (Å²) in [6.07, 6.45) is 2.31. The van der Waals surface area contributed by atoms with Crippen molar-refractivity contribution in [2.24, 2.45) is 5.73 Å². The van der Waals surface area contributed by atoms with Crippen LogP contribution in [0.5, 0.6) is 0 Å². The lowest BCUT2D eigenvalue weighted by Gasteiger charge is -2.01. The molecular weight excluding hydrogens is 128 g/mol. The summed E-state index contributed by atoms with van der Waals surface area (Å²) in [5.41, 5.74) is 5.23. The molecule has 0 aliphatic carbocycles. The van der Waals surface area contributed by atoms with Crippen molar-refractivity contribution >= 4 is 0 Å². The predicted octanol–water partition coefficient (Wildman–Crippen LogP) is -0.0387. The summed E-state index contributed by atoms with van der Waals surface area (Å²) < 4.78 is 5.18. The maximum atomic E-state index is 5.23. The van der Waals surface area contributed by atoms with Gasteiger partial charge >= 0.3 is 0 Å². The van der Waals surface area contributed by atoms with Gasteiger partial charge in [-0.1, -0.05) is 0 Å². The number of nitrogens with one attached hydrogen (secondary N) is 1. The van der Waals surface area contributed by atoms with E-state index in [9.17, 15) is 0 Å². The average molecular weight is 146 g/mol. The first-order valence-corrected chi connectivity index (χ1v) is 3.84. The Morgan fingerprint density at radius 1 is 1.30 bits per heavy atom. The predicted molar refractivity (Wildman–Crippen MR) is 43.0 cm³/mol. The third-order valence-corrected chi connectivity index (χ3v) is 1.23. The zero-order valence-electron chi connectivity index (χ0n) is 6.73. The molecule has 3 nitrogen and oxygen atoms in total. The number of rotatable bonds is 7. The van der Waals surface area contributed by atoms with Crippen molar-refractivity contribution in [3.8, 4) is 0 Å². The second-order valence-corrected chi connectivity index (χ2v) is 2.21. The normalized spacial score (nSPS) is 10.2. The Bertz CT molecular complexity index is 51.6. The van der Waals surface area contributed by atoms with Crippen molar-refractivity contribution in [2.45, 2.75) is 12.8 Å². The summed E-state index contributed by atoms with van der Waals surface area (Å²) >= 11 is 0. The summed E-state index contributed by atoms with van der Waals surface area (Å²) in [5, 5.41) is 3.08. The van der Waals surface area contributed by atoms with E-state index in [4.69, 9.17) is 10.5 Å². The molecule has 0 saturated heterocycles. The quantitative estimate of drug-likeness (QED) is 0.495. The zero-order valence-corrected chi connectivity index (χ0v) is 6.73. The minimum atomic E-state index is 0.631. The van der Waals surface area contributed by atoms with Crippen LogP contribution in [0, 0.1) is 0 Å². The standard InChI is InChI=1S/C7H18N2O/c1-9-5-2-3-6-10-7-4-8/h9H,2-8H2,1H3. The summed E-state index contributed by atoms with van der Waals surface area (Å²) in [4.78, 5) is 0. The van der Waals surface area contributed by atoms with E-state index in [2.05, 4.69) is 5.32 Å². The molecule has 0 aliphatic rings. The monoisotopic (exact) mass is 146 g/mol. The van der Waals surface area contributed by atoms with Gasteiger partial charge in [0.1, 0.15) is 0 Å². The highest BCUT2D eigenvalue weighted by Gasteiger charge is 1.86. The number of nitrogens with two attached hydrogens (primary N) is 1. The van der Waals surface area contributed by atoms with Crippen LogP contribution in [0.4, 0.5) is 0 Å². The fraction of sp³-hybridized carbons (Fsp3) is 1.00. The molecule has 0 radical (unpaired) electrons. The molecule has 0 atom stereocenters. The lowest BCUT2D eigenvalue weighted by Crippen LogP contribution is -2.11. The first-order chi connectivity index (χ1) is 4.91. The van der Waals surface area contributed by atoms with Crippen LogP contribution in [-0.4, -0.2) is 33.4 Å². The van der Waals surface area contributed by atoms with Crippen LogP contribution in [0.3, 0.4) is 0 Å². The van der Waals surface area contributed by atoms with Gasteiger partial charge in [-0.3, -0.25) is 0 Å². The summed E-state index contributed by atoms with van der Waals surface area (Å²) in [6.45, 7) is 3.25. The van der Waals surface area contributed by atoms with E-state index in [1.54, 1.807) is 0 Å². The van der Waals surface area contributed by atoms with E-state index < -0.39 is 0 Å². The highest BCUT2D eigenvalue weighted by atomic mass is 16.5. The van der Waals surface area contributed by atoms with Crippen molar-refractivity contribution in [3.05, 3.63) is 0 Å². The Morgan fingerprint density at radius 3 is 2.70 bits per heavy atom.